The molecule has 0 amide bonds. The first-order valence-corrected chi connectivity index (χ1v) is 20.0. The highest BCUT2D eigenvalue weighted by Crippen LogP contribution is 2.77. The minimum absolute atomic E-state index is 0.0411. The van der Waals surface area contributed by atoms with Gasteiger partial charge in [0.25, 0.3) is 0 Å². The quantitative estimate of drug-likeness (QED) is 0.138. The van der Waals surface area contributed by atoms with Crippen molar-refractivity contribution in [3.63, 3.8) is 0 Å². The molecule has 13 heteroatoms. The van der Waals surface area contributed by atoms with Gasteiger partial charge in [0, 0.05) is 0 Å². The first-order chi connectivity index (χ1) is 24.8. The summed E-state index contributed by atoms with van der Waals surface area (Å²) in [6.45, 7) is 14.6. The molecule has 5 aliphatic carbocycles. The Morgan fingerprint density at radius 1 is 0.774 bits per heavy atom. The summed E-state index contributed by atoms with van der Waals surface area (Å²) in [5.74, 6) is 0.192. The van der Waals surface area contributed by atoms with Gasteiger partial charge in [0.15, 0.2) is 12.6 Å². The number of ether oxygens (including phenoxy) is 4. The number of allylic oxidation sites excluding steroid dienone is 1. The molecular weight excluding hydrogens is 688 g/mol. The monoisotopic (exact) mass is 752 g/mol. The SMILES string of the molecule is C=C(C)[C@@H]1CC[C@]2(C(=O)O)CC[C@]3(C)[C@H](CC[C@@H]4[C@@]5(C)CC[C@H](O[C@@H]6OC[C@H](O[C@@H]7O[C@H](CO)[C@@H](O)[C@H](O)[C@H]7O)[C@H](O)[C@H]6O)C(C)(O)[C@@H]5CC[C@]43C)[C@@H]12. The molecule has 0 spiro atoms. The van der Waals surface area contributed by atoms with E-state index in [1.165, 1.54) is 0 Å². The van der Waals surface area contributed by atoms with Crippen LogP contribution in [0.4, 0.5) is 0 Å². The number of hydrogen-bond donors (Lipinski definition) is 8. The highest BCUT2D eigenvalue weighted by atomic mass is 16.7. The van der Waals surface area contributed by atoms with Crippen molar-refractivity contribution in [1.82, 2.24) is 0 Å². The van der Waals surface area contributed by atoms with Gasteiger partial charge in [0.05, 0.1) is 30.3 Å². The van der Waals surface area contributed by atoms with Gasteiger partial charge in [-0.3, -0.25) is 4.79 Å². The Bertz CT molecular complexity index is 1410. The van der Waals surface area contributed by atoms with Crippen LogP contribution in [0.2, 0.25) is 0 Å². The predicted octanol–water partition coefficient (Wildman–Crippen LogP) is 2.10. The fourth-order valence-electron chi connectivity index (χ4n) is 13.9. The van der Waals surface area contributed by atoms with Gasteiger partial charge >= 0.3 is 5.97 Å². The number of carboxylic acid groups (broad SMARTS) is 1. The lowest BCUT2D eigenvalue weighted by atomic mass is 9.33. The molecule has 1 unspecified atom stereocenters. The molecule has 20 atom stereocenters. The standard InChI is InChI=1S/C40H64O13/c1-19(2)20-9-14-40(35(47)48)16-15-37(4)21(27(20)40)7-8-24-36(3)12-11-26(39(6,49)25(36)10-13-38(24,37)5)53-33-31(45)29(43)23(18-50-33)52-34-32(46)30(44)28(42)22(17-41)51-34/h20-34,41-46,49H,1,7-18H2,2-6H3,(H,47,48)/t20-,21+,22+,23-,24+,25+,26-,27+,28+,29-,30-,31+,32+,33-,34-,36+,37+,38+,39?,40-/m0/s1. The third-order valence-corrected chi connectivity index (χ3v) is 17.0. The van der Waals surface area contributed by atoms with Gasteiger partial charge in [0.2, 0.25) is 0 Å². The van der Waals surface area contributed by atoms with Crippen molar-refractivity contribution in [1.29, 1.82) is 0 Å². The fourth-order valence-corrected chi connectivity index (χ4v) is 13.9. The van der Waals surface area contributed by atoms with E-state index in [1.807, 2.05) is 6.92 Å². The molecule has 5 saturated carbocycles. The molecule has 7 aliphatic rings. The maximum absolute atomic E-state index is 13.0. The fraction of sp³-hybridized carbons (Fsp3) is 0.925. The van der Waals surface area contributed by atoms with Crippen LogP contribution in [-0.2, 0) is 23.7 Å². The zero-order valence-corrected chi connectivity index (χ0v) is 32.0. The molecular formula is C40H64O13. The Balaban J connectivity index is 1.05. The lowest BCUT2D eigenvalue weighted by molar-refractivity contribution is -0.355. The molecule has 53 heavy (non-hydrogen) atoms. The maximum atomic E-state index is 13.0. The van der Waals surface area contributed by atoms with E-state index in [1.54, 1.807) is 0 Å². The topological polar surface area (TPSA) is 216 Å². The van der Waals surface area contributed by atoms with Crippen LogP contribution >= 0.6 is 0 Å². The van der Waals surface area contributed by atoms with Crippen LogP contribution in [0.1, 0.15) is 98.8 Å². The second-order valence-electron chi connectivity index (χ2n) is 19.1. The minimum Gasteiger partial charge on any atom is -0.481 e. The van der Waals surface area contributed by atoms with Crippen molar-refractivity contribution in [2.45, 2.75) is 166 Å². The van der Waals surface area contributed by atoms with Gasteiger partial charge < -0.3 is 59.8 Å². The van der Waals surface area contributed by atoms with Crippen molar-refractivity contribution in [3.05, 3.63) is 12.2 Å². The van der Waals surface area contributed by atoms with Gasteiger partial charge in [-0.1, -0.05) is 32.9 Å². The Morgan fingerprint density at radius 2 is 1.47 bits per heavy atom. The third kappa shape index (κ3) is 5.76. The smallest absolute Gasteiger partial charge is 0.309 e. The number of aliphatic hydroxyl groups is 7. The Morgan fingerprint density at radius 3 is 2.13 bits per heavy atom. The zero-order chi connectivity index (χ0) is 38.6. The van der Waals surface area contributed by atoms with E-state index in [0.717, 1.165) is 56.9 Å². The average Bonchev–Trinajstić information content (AvgIpc) is 3.51. The van der Waals surface area contributed by atoms with Crippen LogP contribution < -0.4 is 0 Å². The number of fused-ring (bicyclic) bond motifs is 7. The number of aliphatic hydroxyl groups excluding tert-OH is 6. The largest absolute Gasteiger partial charge is 0.481 e. The van der Waals surface area contributed by atoms with Crippen LogP contribution in [0.25, 0.3) is 0 Å². The number of hydrogen-bond acceptors (Lipinski definition) is 12. The van der Waals surface area contributed by atoms with Crippen molar-refractivity contribution in [2.75, 3.05) is 13.2 Å². The third-order valence-electron chi connectivity index (χ3n) is 17.0. The molecule has 2 heterocycles. The highest BCUT2D eigenvalue weighted by Gasteiger charge is 2.72. The summed E-state index contributed by atoms with van der Waals surface area (Å²) in [5.41, 5.74) is -1.13. The molecule has 0 aromatic heterocycles. The summed E-state index contributed by atoms with van der Waals surface area (Å²) in [4.78, 5) is 13.0. The number of rotatable bonds is 7. The molecule has 0 bridgehead atoms. The summed E-state index contributed by atoms with van der Waals surface area (Å²) in [5, 5.41) is 85.4. The molecule has 2 saturated heterocycles. The van der Waals surface area contributed by atoms with E-state index in [0.29, 0.717) is 24.7 Å². The van der Waals surface area contributed by atoms with E-state index in [2.05, 4.69) is 34.3 Å². The summed E-state index contributed by atoms with van der Waals surface area (Å²) in [6, 6.07) is 0. The molecule has 13 nitrogen and oxygen atoms in total. The first kappa shape index (κ1) is 40.0. The summed E-state index contributed by atoms with van der Waals surface area (Å²) in [7, 11) is 0. The van der Waals surface area contributed by atoms with Gasteiger partial charge in [-0.15, -0.1) is 0 Å². The second-order valence-corrected chi connectivity index (χ2v) is 19.1. The zero-order valence-electron chi connectivity index (χ0n) is 32.0. The van der Waals surface area contributed by atoms with Crippen LogP contribution in [0.15, 0.2) is 12.2 Å². The molecule has 0 aromatic rings. The predicted molar refractivity (Wildman–Crippen MR) is 189 cm³/mol. The second kappa shape index (κ2) is 13.7. The molecule has 2 aliphatic heterocycles. The maximum Gasteiger partial charge on any atom is 0.309 e. The van der Waals surface area contributed by atoms with E-state index in [9.17, 15) is 45.6 Å². The lowest BCUT2D eigenvalue weighted by Crippen LogP contribution is -2.69. The van der Waals surface area contributed by atoms with E-state index in [-0.39, 0.29) is 40.6 Å². The van der Waals surface area contributed by atoms with Crippen LogP contribution in [0.3, 0.4) is 0 Å². The van der Waals surface area contributed by atoms with E-state index < -0.39 is 85.0 Å². The van der Waals surface area contributed by atoms with Gasteiger partial charge in [-0.25, -0.2) is 0 Å². The Labute approximate surface area is 312 Å². The Hall–Kier alpha value is -1.23. The normalized spacial score (nSPS) is 56.7. The van der Waals surface area contributed by atoms with Crippen LogP contribution in [0.5, 0.6) is 0 Å². The molecule has 302 valence electrons. The van der Waals surface area contributed by atoms with Crippen molar-refractivity contribution in [3.8, 4) is 0 Å². The number of aliphatic carboxylic acids is 1. The summed E-state index contributed by atoms with van der Waals surface area (Å²) < 4.78 is 23.3. The Kier molecular flexibility index (Phi) is 10.3. The van der Waals surface area contributed by atoms with Crippen molar-refractivity contribution < 1.29 is 64.6 Å². The summed E-state index contributed by atoms with van der Waals surface area (Å²) in [6.07, 6.45) is -5.72. The minimum atomic E-state index is -1.68. The van der Waals surface area contributed by atoms with Crippen molar-refractivity contribution in [2.24, 2.45) is 51.2 Å². The number of carboxylic acids is 1. The molecule has 8 N–H and O–H groups in total. The molecule has 0 radical (unpaired) electrons. The van der Waals surface area contributed by atoms with Crippen LogP contribution in [-0.4, -0.2) is 127 Å². The van der Waals surface area contributed by atoms with Crippen molar-refractivity contribution >= 4 is 5.97 Å². The van der Waals surface area contributed by atoms with Gasteiger partial charge in [-0.05, 0) is 124 Å². The molecule has 7 rings (SSSR count). The molecule has 7 fully saturated rings. The van der Waals surface area contributed by atoms with Gasteiger partial charge in [-0.2, -0.15) is 0 Å². The van der Waals surface area contributed by atoms with Gasteiger partial charge in [0.1, 0.15) is 42.7 Å². The highest BCUT2D eigenvalue weighted by molar-refractivity contribution is 5.76. The lowest BCUT2D eigenvalue weighted by Gasteiger charge is -2.72. The summed E-state index contributed by atoms with van der Waals surface area (Å²) >= 11 is 0. The number of carbonyl (C=O) groups is 1. The van der Waals surface area contributed by atoms with E-state index in [4.69, 9.17) is 18.9 Å². The van der Waals surface area contributed by atoms with E-state index >= 15 is 0 Å². The first-order valence-electron chi connectivity index (χ1n) is 20.0. The van der Waals surface area contributed by atoms with Crippen LogP contribution in [0, 0.1) is 51.2 Å². The average molecular weight is 753 g/mol. The molecule has 0 aromatic carbocycles.